The summed E-state index contributed by atoms with van der Waals surface area (Å²) in [5, 5.41) is 64.8. The van der Waals surface area contributed by atoms with Gasteiger partial charge in [-0.1, -0.05) is 0 Å². The van der Waals surface area contributed by atoms with Crippen LogP contribution in [0.1, 0.15) is 0 Å². The van der Waals surface area contributed by atoms with Gasteiger partial charge in [0.05, 0.1) is 39.5 Å². The molecule has 0 radical (unpaired) electrons. The van der Waals surface area contributed by atoms with Gasteiger partial charge in [0.2, 0.25) is 6.23 Å². The molecule has 168 valence electrons. The van der Waals surface area contributed by atoms with E-state index in [0.717, 1.165) is 4.90 Å². The first-order chi connectivity index (χ1) is 13.5. The quantitative estimate of drug-likeness (QED) is 0.0873. The van der Waals surface area contributed by atoms with E-state index >= 15 is 0 Å². The van der Waals surface area contributed by atoms with Crippen LogP contribution in [0, 0.1) is 0 Å². The smallest absolute Gasteiger partial charge is 0.359 e. The molecule has 0 aromatic heterocycles. The van der Waals surface area contributed by atoms with Gasteiger partial charge in [0.15, 0.2) is 19.2 Å². The van der Waals surface area contributed by atoms with E-state index in [0.29, 0.717) is 0 Å². The third-order valence-electron chi connectivity index (χ3n) is 3.92. The topological polar surface area (TPSA) is 222 Å². The maximum atomic E-state index is 11.4. The van der Waals surface area contributed by atoms with Crippen LogP contribution in [0.15, 0.2) is 0 Å². The third-order valence-corrected chi connectivity index (χ3v) is 3.92. The predicted molar refractivity (Wildman–Crippen MR) is 91.8 cm³/mol. The summed E-state index contributed by atoms with van der Waals surface area (Å²) in [5.41, 5.74) is 0. The molecule has 7 N–H and O–H groups in total. The van der Waals surface area contributed by atoms with Gasteiger partial charge in [-0.15, -0.1) is 0 Å². The van der Waals surface area contributed by atoms with Crippen LogP contribution in [0.2, 0.25) is 0 Å². The molecule has 0 aromatic carbocycles. The first-order valence-corrected chi connectivity index (χ1v) is 8.44. The van der Waals surface area contributed by atoms with Crippen LogP contribution in [0.25, 0.3) is 0 Å². The van der Waals surface area contributed by atoms with Gasteiger partial charge in [-0.2, -0.15) is 0 Å². The number of carboxylic acids is 4. The normalized spacial score (nSPS) is 13.8. The number of hydrogen-bond acceptors (Lipinski definition) is 9. The Hall–Kier alpha value is -2.36. The monoisotopic (exact) mass is 427 g/mol. The number of aliphatic hydroxyl groups is 3. The average molecular weight is 427 g/mol. The van der Waals surface area contributed by atoms with Crippen molar-refractivity contribution in [2.75, 3.05) is 59.1 Å². The molecule has 2 atom stereocenters. The molecular weight excluding hydrogens is 400 g/mol. The van der Waals surface area contributed by atoms with Gasteiger partial charge in [-0.05, 0) is 0 Å². The van der Waals surface area contributed by atoms with Crippen molar-refractivity contribution in [2.45, 2.75) is 12.3 Å². The lowest BCUT2D eigenvalue weighted by Gasteiger charge is -2.44. The van der Waals surface area contributed by atoms with E-state index in [9.17, 15) is 39.6 Å². The Morgan fingerprint density at radius 2 is 1.34 bits per heavy atom. The second kappa shape index (κ2) is 13.0. The minimum atomic E-state index is -1.73. The summed E-state index contributed by atoms with van der Waals surface area (Å²) in [6, 6.07) is 0. The Morgan fingerprint density at radius 3 is 1.69 bits per heavy atom. The predicted octanol–water partition coefficient (Wildman–Crippen LogP) is -3.87. The number of quaternary nitrogens is 1. The van der Waals surface area contributed by atoms with Gasteiger partial charge >= 0.3 is 23.9 Å². The summed E-state index contributed by atoms with van der Waals surface area (Å²) >= 11 is 0. The lowest BCUT2D eigenvalue weighted by molar-refractivity contribution is -0.962. The highest BCUT2D eigenvalue weighted by Gasteiger charge is 2.46. The maximum absolute atomic E-state index is 11.4. The van der Waals surface area contributed by atoms with Crippen LogP contribution in [0.3, 0.4) is 0 Å². The summed E-state index contributed by atoms with van der Waals surface area (Å²) in [6.07, 6.45) is -3.33. The van der Waals surface area contributed by atoms with Crippen molar-refractivity contribution in [3.05, 3.63) is 0 Å². The highest BCUT2D eigenvalue weighted by atomic mass is 16.5. The number of aliphatic hydroxyl groups excluding tert-OH is 3. The van der Waals surface area contributed by atoms with Crippen molar-refractivity contribution in [2.24, 2.45) is 0 Å². The van der Waals surface area contributed by atoms with Gasteiger partial charge in [0.25, 0.3) is 0 Å². The van der Waals surface area contributed by atoms with Crippen LogP contribution in [0.4, 0.5) is 0 Å². The lowest BCUT2D eigenvalue weighted by atomic mass is 10.2. The minimum absolute atomic E-state index is 0.365. The molecule has 14 heteroatoms. The molecule has 14 nitrogen and oxygen atoms in total. The fourth-order valence-corrected chi connectivity index (χ4v) is 2.89. The molecular formula is C15H27N2O12+. The van der Waals surface area contributed by atoms with E-state index in [-0.39, 0.29) is 6.54 Å². The zero-order chi connectivity index (χ0) is 22.6. The van der Waals surface area contributed by atoms with Gasteiger partial charge in [-0.25, -0.2) is 9.59 Å². The number of carbonyl (C=O) groups is 4. The highest BCUT2D eigenvalue weighted by molar-refractivity contribution is 5.72. The molecule has 0 aliphatic heterocycles. The van der Waals surface area contributed by atoms with E-state index in [1.807, 2.05) is 0 Å². The molecule has 0 saturated carbocycles. The molecule has 0 fully saturated rings. The number of ether oxygens (including phenoxy) is 1. The van der Waals surface area contributed by atoms with Gasteiger partial charge < -0.3 is 40.5 Å². The molecule has 0 aliphatic carbocycles. The molecule has 0 amide bonds. The van der Waals surface area contributed by atoms with Crippen molar-refractivity contribution in [3.63, 3.8) is 0 Å². The SMILES string of the molecule is O=C(O)CN(CC[N+](CC(=O)O)(CC(=O)O)C(OCCO)C(O)CO)CC(=O)O. The van der Waals surface area contributed by atoms with Crippen LogP contribution in [0.5, 0.6) is 0 Å². The zero-order valence-electron chi connectivity index (χ0n) is 15.6. The molecule has 0 spiro atoms. The van der Waals surface area contributed by atoms with Crippen LogP contribution < -0.4 is 0 Å². The van der Waals surface area contributed by atoms with Gasteiger partial charge in [0, 0.05) is 6.54 Å². The molecule has 0 aromatic rings. The summed E-state index contributed by atoms with van der Waals surface area (Å²) in [7, 11) is 0. The minimum Gasteiger partial charge on any atom is -0.480 e. The van der Waals surface area contributed by atoms with E-state index in [2.05, 4.69) is 0 Å². The first kappa shape index (κ1) is 26.6. The van der Waals surface area contributed by atoms with Crippen molar-refractivity contribution >= 4 is 23.9 Å². The molecule has 29 heavy (non-hydrogen) atoms. The van der Waals surface area contributed by atoms with Crippen molar-refractivity contribution in [1.82, 2.24) is 4.90 Å². The van der Waals surface area contributed by atoms with E-state index in [1.165, 1.54) is 0 Å². The molecule has 2 unspecified atom stereocenters. The fraction of sp³-hybridized carbons (Fsp3) is 0.733. The number of nitrogens with zero attached hydrogens (tertiary/aromatic N) is 2. The summed E-state index contributed by atoms with van der Waals surface area (Å²) in [6.45, 7) is -5.88. The number of hydrogen-bond donors (Lipinski definition) is 7. The van der Waals surface area contributed by atoms with Crippen LogP contribution in [-0.4, -0.2) is 140 Å². The lowest BCUT2D eigenvalue weighted by Crippen LogP contribution is -2.67. The molecule has 0 heterocycles. The number of rotatable bonds is 17. The van der Waals surface area contributed by atoms with Crippen molar-refractivity contribution in [1.29, 1.82) is 0 Å². The number of aliphatic carboxylic acids is 4. The van der Waals surface area contributed by atoms with E-state index in [1.54, 1.807) is 0 Å². The van der Waals surface area contributed by atoms with Gasteiger partial charge in [0.1, 0.15) is 0 Å². The molecule has 0 rings (SSSR count). The third kappa shape index (κ3) is 10.1. The average Bonchev–Trinajstić information content (AvgIpc) is 2.57. The molecule has 0 bridgehead atoms. The largest absolute Gasteiger partial charge is 0.480 e. The highest BCUT2D eigenvalue weighted by Crippen LogP contribution is 2.20. The van der Waals surface area contributed by atoms with E-state index < -0.39 is 93.2 Å². The van der Waals surface area contributed by atoms with Crippen molar-refractivity contribution < 1.29 is 64.1 Å². The first-order valence-electron chi connectivity index (χ1n) is 8.44. The Morgan fingerprint density at radius 1 is 0.862 bits per heavy atom. The van der Waals surface area contributed by atoms with Crippen LogP contribution in [-0.2, 0) is 23.9 Å². The van der Waals surface area contributed by atoms with Gasteiger partial charge in [-0.3, -0.25) is 19.0 Å². The number of carboxylic acid groups (broad SMARTS) is 4. The Kier molecular flexibility index (Phi) is 11.9. The zero-order valence-corrected chi connectivity index (χ0v) is 15.6. The molecule has 0 aliphatic rings. The summed E-state index contributed by atoms with van der Waals surface area (Å²) < 4.78 is 4.26. The molecule has 0 saturated heterocycles. The maximum Gasteiger partial charge on any atom is 0.359 e. The summed E-state index contributed by atoms with van der Waals surface area (Å²) in [4.78, 5) is 45.7. The standard InChI is InChI=1S/C15H26N2O12/c18-3-4-29-15(10(20)9-19)17(7-13(25)26,8-14(27)28)2-1-16(5-11(21)22)6-12(23)24/h10,15,18-20H,1-9H2,(H3-,21,22,23,24,25,26,27,28)/p+1. The summed E-state index contributed by atoms with van der Waals surface area (Å²) in [5.74, 6) is -5.66. The van der Waals surface area contributed by atoms with Crippen LogP contribution >= 0.6 is 0 Å². The van der Waals surface area contributed by atoms with E-state index in [4.69, 9.17) is 20.1 Å². The van der Waals surface area contributed by atoms with Crippen molar-refractivity contribution in [3.8, 4) is 0 Å². The second-order valence-corrected chi connectivity index (χ2v) is 6.28. The Balaban J connectivity index is 5.98. The fourth-order valence-electron chi connectivity index (χ4n) is 2.89. The Bertz CT molecular complexity index is 538. The Labute approximate surface area is 165 Å². The second-order valence-electron chi connectivity index (χ2n) is 6.28.